The van der Waals surface area contributed by atoms with Gasteiger partial charge in [-0.1, -0.05) is 176 Å². The van der Waals surface area contributed by atoms with Crippen LogP contribution in [-0.4, -0.2) is 15.0 Å². The summed E-state index contributed by atoms with van der Waals surface area (Å²) in [5, 5.41) is 9.38. The number of nitriles is 1. The Morgan fingerprint density at radius 1 is 0.362 bits per heavy atom. The van der Waals surface area contributed by atoms with Crippen molar-refractivity contribution in [3.8, 4) is 73.6 Å². The Morgan fingerprint density at radius 3 is 1.43 bits per heavy atom. The number of hydrogen-bond donors (Lipinski definition) is 0. The van der Waals surface area contributed by atoms with Gasteiger partial charge in [-0.2, -0.15) is 5.26 Å². The highest BCUT2D eigenvalue weighted by molar-refractivity contribution is 7.99. The summed E-state index contributed by atoms with van der Waals surface area (Å²) in [7, 11) is 0. The van der Waals surface area contributed by atoms with Gasteiger partial charge in [0.05, 0.1) is 17.0 Å². The first kappa shape index (κ1) is 33.9. The predicted octanol–water partition coefficient (Wildman–Crippen LogP) is 12.9. The van der Waals surface area contributed by atoms with Gasteiger partial charge in [-0.05, 0) is 86.0 Å². The van der Waals surface area contributed by atoms with E-state index < -0.39 is 5.41 Å². The zero-order valence-electron chi connectivity index (χ0n) is 31.2. The van der Waals surface area contributed by atoms with Crippen molar-refractivity contribution in [2.24, 2.45) is 0 Å². The molecular weight excluding hydrogens is 725 g/mol. The molecule has 9 aromatic rings. The van der Waals surface area contributed by atoms with Crippen LogP contribution in [-0.2, 0) is 5.41 Å². The molecule has 0 unspecified atom stereocenters. The van der Waals surface area contributed by atoms with E-state index in [0.29, 0.717) is 23.0 Å². The van der Waals surface area contributed by atoms with Crippen molar-refractivity contribution in [2.75, 3.05) is 0 Å². The van der Waals surface area contributed by atoms with Crippen LogP contribution >= 0.6 is 11.8 Å². The van der Waals surface area contributed by atoms with E-state index in [2.05, 4.69) is 140 Å². The number of benzene rings is 8. The topological polar surface area (TPSA) is 62.5 Å². The van der Waals surface area contributed by atoms with Crippen LogP contribution in [0, 0.1) is 11.3 Å². The first-order valence-electron chi connectivity index (χ1n) is 19.3. The number of rotatable bonds is 5. The van der Waals surface area contributed by atoms with E-state index in [1.54, 1.807) is 0 Å². The second kappa shape index (κ2) is 13.7. The Bertz CT molecular complexity index is 2980. The van der Waals surface area contributed by atoms with Crippen LogP contribution in [0.4, 0.5) is 0 Å². The van der Waals surface area contributed by atoms with Crippen LogP contribution in [0.15, 0.2) is 204 Å². The first-order chi connectivity index (χ1) is 28.7. The van der Waals surface area contributed by atoms with Gasteiger partial charge < -0.3 is 0 Å². The van der Waals surface area contributed by atoms with Crippen molar-refractivity contribution in [2.45, 2.75) is 15.2 Å². The van der Waals surface area contributed by atoms with Crippen molar-refractivity contribution < 1.29 is 0 Å². The van der Waals surface area contributed by atoms with E-state index in [4.69, 9.17) is 15.0 Å². The molecule has 11 rings (SSSR count). The fraction of sp³-hybridized carbons (Fsp3) is 0.0189. The Kier molecular flexibility index (Phi) is 7.99. The molecule has 8 aromatic carbocycles. The molecule has 2 aliphatic rings. The van der Waals surface area contributed by atoms with Crippen molar-refractivity contribution >= 4 is 11.8 Å². The molecule has 1 aliphatic heterocycles. The minimum absolute atomic E-state index is 0.561. The standard InChI is InChI=1S/C53H32N4S/c54-33-34-23-25-35(26-24-34)36-27-29-37(30-28-36)42-32-49-47(31-43(42)52-56-50(38-13-3-1-4-14-38)55-51(57-52)39-15-5-2-6-16-39)53(46-21-11-12-22-48(46)58-49)44-19-9-7-17-40(44)41-18-8-10-20-45(41)53/h1-32H. The van der Waals surface area contributed by atoms with Crippen molar-refractivity contribution in [3.05, 3.63) is 222 Å². The third-order valence-corrected chi connectivity index (χ3v) is 12.6. The average molecular weight is 757 g/mol. The maximum atomic E-state index is 9.38. The van der Waals surface area contributed by atoms with Crippen LogP contribution in [0.3, 0.4) is 0 Å². The van der Waals surface area contributed by atoms with E-state index in [1.165, 1.54) is 43.2 Å². The van der Waals surface area contributed by atoms with Crippen molar-refractivity contribution in [3.63, 3.8) is 0 Å². The lowest BCUT2D eigenvalue weighted by Gasteiger charge is -2.40. The highest BCUT2D eigenvalue weighted by Gasteiger charge is 2.50. The lowest BCUT2D eigenvalue weighted by Crippen LogP contribution is -2.32. The highest BCUT2D eigenvalue weighted by atomic mass is 32.2. The van der Waals surface area contributed by atoms with Gasteiger partial charge in [-0.15, -0.1) is 0 Å². The van der Waals surface area contributed by atoms with Crippen LogP contribution in [0.2, 0.25) is 0 Å². The van der Waals surface area contributed by atoms with Gasteiger partial charge in [0.2, 0.25) is 0 Å². The summed E-state index contributed by atoms with van der Waals surface area (Å²) in [6.07, 6.45) is 0. The smallest absolute Gasteiger partial charge is 0.164 e. The van der Waals surface area contributed by atoms with Gasteiger partial charge in [0, 0.05) is 26.5 Å². The molecule has 58 heavy (non-hydrogen) atoms. The lowest BCUT2D eigenvalue weighted by molar-refractivity contribution is 0.723. The van der Waals surface area contributed by atoms with E-state index in [-0.39, 0.29) is 0 Å². The molecule has 1 aliphatic carbocycles. The molecule has 1 spiro atoms. The summed E-state index contributed by atoms with van der Waals surface area (Å²) in [4.78, 5) is 18.1. The Hall–Kier alpha value is -7.39. The zero-order chi connectivity index (χ0) is 38.6. The minimum Gasteiger partial charge on any atom is -0.208 e. The molecule has 0 saturated carbocycles. The van der Waals surface area contributed by atoms with E-state index in [9.17, 15) is 5.26 Å². The van der Waals surface area contributed by atoms with E-state index in [1.807, 2.05) is 72.4 Å². The summed E-state index contributed by atoms with van der Waals surface area (Å²) in [5.74, 6) is 1.85. The van der Waals surface area contributed by atoms with E-state index >= 15 is 0 Å². The summed E-state index contributed by atoms with van der Waals surface area (Å²) >= 11 is 1.83. The molecule has 0 amide bonds. The van der Waals surface area contributed by atoms with Crippen LogP contribution in [0.1, 0.15) is 27.8 Å². The Morgan fingerprint density at radius 2 is 0.845 bits per heavy atom. The van der Waals surface area contributed by atoms with Crippen LogP contribution in [0.25, 0.3) is 67.5 Å². The second-order valence-corrected chi connectivity index (χ2v) is 15.7. The molecule has 0 atom stereocenters. The summed E-state index contributed by atoms with van der Waals surface area (Å²) in [6.45, 7) is 0. The van der Waals surface area contributed by atoms with Crippen molar-refractivity contribution in [1.29, 1.82) is 5.26 Å². The third kappa shape index (κ3) is 5.34. The first-order valence-corrected chi connectivity index (χ1v) is 20.1. The van der Waals surface area contributed by atoms with Crippen LogP contribution < -0.4 is 0 Å². The van der Waals surface area contributed by atoms with E-state index in [0.717, 1.165) is 38.9 Å². The quantitative estimate of drug-likeness (QED) is 0.175. The maximum absolute atomic E-state index is 9.38. The molecule has 4 nitrogen and oxygen atoms in total. The SMILES string of the molecule is N#Cc1ccc(-c2ccc(-c3cc4c(cc3-c3nc(-c5ccccc5)nc(-c5ccccc5)n3)C3(c5ccccc5S4)c4ccccc4-c4ccccc43)cc2)cc1. The molecule has 270 valence electrons. The van der Waals surface area contributed by atoms with Gasteiger partial charge in [0.15, 0.2) is 17.5 Å². The Labute approximate surface area is 341 Å². The molecule has 0 saturated heterocycles. The normalized spacial score (nSPS) is 12.9. The highest BCUT2D eigenvalue weighted by Crippen LogP contribution is 2.63. The summed E-state index contributed by atoms with van der Waals surface area (Å²) in [6, 6.07) is 70.4. The minimum atomic E-state index is -0.561. The van der Waals surface area contributed by atoms with Crippen LogP contribution in [0.5, 0.6) is 0 Å². The predicted molar refractivity (Wildman–Crippen MR) is 233 cm³/mol. The van der Waals surface area contributed by atoms with Gasteiger partial charge in [0.25, 0.3) is 0 Å². The number of nitrogens with zero attached hydrogens (tertiary/aromatic N) is 4. The molecular formula is C53H32N4S. The molecule has 0 bridgehead atoms. The number of aromatic nitrogens is 3. The Balaban J connectivity index is 1.21. The molecule has 5 heteroatoms. The number of fused-ring (bicyclic) bond motifs is 9. The fourth-order valence-corrected chi connectivity index (χ4v) is 10.0. The molecule has 2 heterocycles. The largest absolute Gasteiger partial charge is 0.208 e. The van der Waals surface area contributed by atoms with Crippen molar-refractivity contribution in [1.82, 2.24) is 15.0 Å². The molecule has 0 radical (unpaired) electrons. The molecule has 0 N–H and O–H groups in total. The van der Waals surface area contributed by atoms with Gasteiger partial charge >= 0.3 is 0 Å². The fourth-order valence-electron chi connectivity index (χ4n) is 8.83. The second-order valence-electron chi connectivity index (χ2n) is 14.6. The zero-order valence-corrected chi connectivity index (χ0v) is 32.0. The third-order valence-electron chi connectivity index (χ3n) is 11.5. The monoisotopic (exact) mass is 756 g/mol. The lowest BCUT2D eigenvalue weighted by atomic mass is 9.67. The van der Waals surface area contributed by atoms with Gasteiger partial charge in [-0.3, -0.25) is 0 Å². The average Bonchev–Trinajstić information content (AvgIpc) is 3.60. The molecule has 0 fully saturated rings. The number of hydrogen-bond acceptors (Lipinski definition) is 5. The maximum Gasteiger partial charge on any atom is 0.164 e. The summed E-state index contributed by atoms with van der Waals surface area (Å²) < 4.78 is 0. The molecule has 1 aromatic heterocycles. The van der Waals surface area contributed by atoms with Gasteiger partial charge in [0.1, 0.15) is 0 Å². The van der Waals surface area contributed by atoms with Gasteiger partial charge in [-0.25, -0.2) is 15.0 Å². The summed E-state index contributed by atoms with van der Waals surface area (Å²) in [5.41, 5.74) is 14.7.